The molecule has 0 saturated carbocycles. The Morgan fingerprint density at radius 3 is 2.15 bits per heavy atom. The summed E-state index contributed by atoms with van der Waals surface area (Å²) in [6, 6.07) is 0. The smallest absolute Gasteiger partial charge is 0.123 e. The maximum absolute atomic E-state index is 10.5. The zero-order chi connectivity index (χ0) is 10.3. The number of nitrogens with zero attached hydrogens (tertiary/aromatic N) is 1. The third-order valence-corrected chi connectivity index (χ3v) is 3.04. The lowest BCUT2D eigenvalue weighted by Gasteiger charge is -2.38. The van der Waals surface area contributed by atoms with Gasteiger partial charge in [0.25, 0.3) is 0 Å². The summed E-state index contributed by atoms with van der Waals surface area (Å²) in [6.45, 7) is 5.78. The van der Waals surface area contributed by atoms with Gasteiger partial charge in [0.2, 0.25) is 0 Å². The molecule has 1 rings (SSSR count). The molecule has 13 heavy (non-hydrogen) atoms. The van der Waals surface area contributed by atoms with Crippen LogP contribution in [0, 0.1) is 5.92 Å². The maximum atomic E-state index is 10.5. The second-order valence-corrected chi connectivity index (χ2v) is 3.86. The first-order valence-corrected chi connectivity index (χ1v) is 4.87. The Bertz CT molecular complexity index is 142. The number of alkyl halides is 1. The van der Waals surface area contributed by atoms with E-state index in [0.717, 1.165) is 23.6 Å². The normalized spacial score (nSPS) is 33.1. The number of carbonyl (C=O) groups is 1. The highest BCUT2D eigenvalue weighted by Gasteiger charge is 2.27. The molecule has 3 heteroatoms. The van der Waals surface area contributed by atoms with Gasteiger partial charge in [0.1, 0.15) is 6.29 Å². The lowest BCUT2D eigenvalue weighted by molar-refractivity contribution is -0.913. The second kappa shape index (κ2) is 6.08. The predicted octanol–water partition coefficient (Wildman–Crippen LogP) is 1.65. The fourth-order valence-electron chi connectivity index (χ4n) is 1.66. The average Bonchev–Trinajstić information content (AvgIpc) is 2.22. The first-order valence-electron chi connectivity index (χ1n) is 4.87. The molecule has 1 fully saturated rings. The zero-order valence-corrected chi connectivity index (χ0v) is 8.92. The summed E-state index contributed by atoms with van der Waals surface area (Å²) < 4.78 is 10.7. The van der Waals surface area contributed by atoms with Crippen molar-refractivity contribution >= 4 is 6.29 Å². The molecule has 0 aromatic rings. The van der Waals surface area contributed by atoms with Crippen molar-refractivity contribution in [2.75, 3.05) is 33.9 Å². The summed E-state index contributed by atoms with van der Waals surface area (Å²) in [5.74, 6) is 0.354. The Morgan fingerprint density at radius 2 is 1.85 bits per heavy atom. The second-order valence-electron chi connectivity index (χ2n) is 3.86. The quantitative estimate of drug-likeness (QED) is 0.478. The minimum atomic E-state index is 0.354. The molecule has 0 aromatic carbocycles. The van der Waals surface area contributed by atoms with E-state index in [2.05, 4.69) is 14.0 Å². The molecule has 0 amide bonds. The number of quaternary nitrogens is 1. The third-order valence-electron chi connectivity index (χ3n) is 3.04. The molecular formula is C10H21FNO+. The lowest BCUT2D eigenvalue weighted by atomic mass is 9.97. The van der Waals surface area contributed by atoms with Crippen molar-refractivity contribution in [2.45, 2.75) is 19.8 Å². The van der Waals surface area contributed by atoms with Crippen molar-refractivity contribution in [3.05, 3.63) is 0 Å². The Morgan fingerprint density at radius 1 is 1.38 bits per heavy atom. The topological polar surface area (TPSA) is 17.1 Å². The molecule has 78 valence electrons. The van der Waals surface area contributed by atoms with Crippen LogP contribution in [-0.2, 0) is 4.79 Å². The predicted molar refractivity (Wildman–Crippen MR) is 52.3 cm³/mol. The Labute approximate surface area is 80.3 Å². The molecule has 1 aliphatic heterocycles. The van der Waals surface area contributed by atoms with E-state index in [9.17, 15) is 9.18 Å². The first kappa shape index (κ1) is 12.6. The van der Waals surface area contributed by atoms with Crippen molar-refractivity contribution in [1.29, 1.82) is 0 Å². The van der Waals surface area contributed by atoms with Gasteiger partial charge >= 0.3 is 0 Å². The minimum absolute atomic E-state index is 0.354. The van der Waals surface area contributed by atoms with E-state index in [1.165, 1.54) is 19.6 Å². The largest absolute Gasteiger partial charge is 0.326 e. The van der Waals surface area contributed by atoms with Crippen LogP contribution in [0.15, 0.2) is 0 Å². The molecule has 0 unspecified atom stereocenters. The van der Waals surface area contributed by atoms with Crippen LogP contribution in [0.3, 0.4) is 0 Å². The fourth-order valence-corrected chi connectivity index (χ4v) is 1.66. The molecule has 1 heterocycles. The van der Waals surface area contributed by atoms with Crippen LogP contribution < -0.4 is 0 Å². The van der Waals surface area contributed by atoms with Crippen molar-refractivity contribution in [2.24, 2.45) is 5.92 Å². The van der Waals surface area contributed by atoms with E-state index in [0.29, 0.717) is 13.1 Å². The fraction of sp³-hybridized carbons (Fsp3) is 0.900. The molecule has 1 saturated heterocycles. The van der Waals surface area contributed by atoms with Crippen molar-refractivity contribution in [3.63, 3.8) is 0 Å². The molecule has 0 spiro atoms. The highest BCUT2D eigenvalue weighted by atomic mass is 19.1. The van der Waals surface area contributed by atoms with Crippen LogP contribution in [0.1, 0.15) is 19.8 Å². The van der Waals surface area contributed by atoms with E-state index in [4.69, 9.17) is 0 Å². The van der Waals surface area contributed by atoms with Gasteiger partial charge in [0, 0.05) is 18.8 Å². The van der Waals surface area contributed by atoms with Gasteiger partial charge in [-0.25, -0.2) is 0 Å². The van der Waals surface area contributed by atoms with Crippen molar-refractivity contribution in [3.8, 4) is 0 Å². The molecule has 0 N–H and O–H groups in total. The summed E-state index contributed by atoms with van der Waals surface area (Å²) in [5.41, 5.74) is 0. The van der Waals surface area contributed by atoms with Gasteiger partial charge < -0.3 is 9.28 Å². The van der Waals surface area contributed by atoms with E-state index < -0.39 is 0 Å². The molecule has 0 aromatic heterocycles. The SMILES string of the molecule is CC[N+]1(C)CCC(C=O)CC1.CF. The zero-order valence-electron chi connectivity index (χ0n) is 8.92. The van der Waals surface area contributed by atoms with E-state index in [1.54, 1.807) is 0 Å². The third kappa shape index (κ3) is 3.85. The van der Waals surface area contributed by atoms with Crippen LogP contribution in [0.5, 0.6) is 0 Å². The number of halogens is 1. The van der Waals surface area contributed by atoms with Gasteiger partial charge in [-0.2, -0.15) is 0 Å². The summed E-state index contributed by atoms with van der Waals surface area (Å²) in [7, 11) is 2.78. The van der Waals surface area contributed by atoms with Gasteiger partial charge in [-0.3, -0.25) is 4.39 Å². The Hall–Kier alpha value is -0.440. The Kier molecular flexibility index (Phi) is 5.88. The molecule has 1 aliphatic rings. The number of hydrogen-bond donors (Lipinski definition) is 0. The summed E-state index contributed by atoms with van der Waals surface area (Å²) in [6.07, 6.45) is 3.31. The number of likely N-dealkylation sites (tertiary alicyclic amines) is 1. The van der Waals surface area contributed by atoms with E-state index >= 15 is 0 Å². The van der Waals surface area contributed by atoms with Crippen molar-refractivity contribution in [1.82, 2.24) is 0 Å². The highest BCUT2D eigenvalue weighted by molar-refractivity contribution is 5.53. The molecule has 0 radical (unpaired) electrons. The Balaban J connectivity index is 0.000000671. The van der Waals surface area contributed by atoms with Gasteiger partial charge in [0.05, 0.1) is 33.9 Å². The lowest BCUT2D eigenvalue weighted by Crippen LogP contribution is -2.49. The van der Waals surface area contributed by atoms with Gasteiger partial charge in [-0.1, -0.05) is 0 Å². The summed E-state index contributed by atoms with van der Waals surface area (Å²) in [4.78, 5) is 10.5. The van der Waals surface area contributed by atoms with Crippen molar-refractivity contribution < 1.29 is 13.7 Å². The van der Waals surface area contributed by atoms with E-state index in [1.807, 2.05) is 0 Å². The highest BCUT2D eigenvalue weighted by Crippen LogP contribution is 2.19. The standard InChI is InChI=1S/C9H18NO.CH3F/c1-3-10(2)6-4-9(8-11)5-7-10;1-2/h8-9H,3-7H2,1-2H3;1H3/q+1;. The molecule has 2 nitrogen and oxygen atoms in total. The molecule has 0 atom stereocenters. The summed E-state index contributed by atoms with van der Waals surface area (Å²) in [5, 5.41) is 0. The monoisotopic (exact) mass is 190 g/mol. The van der Waals surface area contributed by atoms with Gasteiger partial charge in [0.15, 0.2) is 0 Å². The van der Waals surface area contributed by atoms with E-state index in [-0.39, 0.29) is 0 Å². The van der Waals surface area contributed by atoms with Gasteiger partial charge in [-0.05, 0) is 6.92 Å². The number of hydrogen-bond acceptors (Lipinski definition) is 1. The van der Waals surface area contributed by atoms with Gasteiger partial charge in [-0.15, -0.1) is 0 Å². The van der Waals surface area contributed by atoms with Crippen LogP contribution in [0.4, 0.5) is 4.39 Å². The average molecular weight is 190 g/mol. The maximum Gasteiger partial charge on any atom is 0.123 e. The first-order chi connectivity index (χ1) is 6.20. The van der Waals surface area contributed by atoms with Crippen LogP contribution in [0.2, 0.25) is 0 Å². The van der Waals surface area contributed by atoms with Crippen LogP contribution in [0.25, 0.3) is 0 Å². The van der Waals surface area contributed by atoms with Crippen LogP contribution >= 0.6 is 0 Å². The molecular weight excluding hydrogens is 169 g/mol. The van der Waals surface area contributed by atoms with Crippen LogP contribution in [-0.4, -0.2) is 44.6 Å². The minimum Gasteiger partial charge on any atom is -0.326 e. The number of piperidine rings is 1. The molecule has 0 aliphatic carbocycles. The number of rotatable bonds is 2. The summed E-state index contributed by atoms with van der Waals surface area (Å²) >= 11 is 0. The number of aldehydes is 1. The molecule has 0 bridgehead atoms. The number of carbonyl (C=O) groups excluding carboxylic acids is 1.